The predicted octanol–water partition coefficient (Wildman–Crippen LogP) is 8.56. The number of rotatable bonds is 9. The SMILES string of the molecule is CC#Cc1ccc(C#Cc2ccc(CC[C@H]3CC[C@H](CCCCCCC)CC3)cc2)cc1. The Bertz CT molecular complexity index is 900. The molecule has 0 N–H and O–H groups in total. The van der Waals surface area contributed by atoms with Crippen molar-refractivity contribution in [3.8, 4) is 23.7 Å². The molecular weight excluding hydrogens is 384 g/mol. The lowest BCUT2D eigenvalue weighted by molar-refractivity contribution is 0.248. The first kappa shape index (κ1) is 24.2. The van der Waals surface area contributed by atoms with Crippen LogP contribution in [0.2, 0.25) is 0 Å². The molecule has 0 amide bonds. The van der Waals surface area contributed by atoms with Gasteiger partial charge in [-0.1, -0.05) is 101 Å². The van der Waals surface area contributed by atoms with E-state index in [-0.39, 0.29) is 0 Å². The Morgan fingerprint density at radius 1 is 0.625 bits per heavy atom. The van der Waals surface area contributed by atoms with Crippen LogP contribution in [-0.2, 0) is 6.42 Å². The maximum Gasteiger partial charge on any atom is 0.0249 e. The number of unbranched alkanes of at least 4 members (excludes halogenated alkanes) is 4. The maximum atomic E-state index is 3.29. The average Bonchev–Trinajstić information content (AvgIpc) is 2.84. The van der Waals surface area contributed by atoms with Gasteiger partial charge in [-0.05, 0) is 73.6 Å². The third-order valence-electron chi connectivity index (χ3n) is 6.98. The van der Waals surface area contributed by atoms with Crippen LogP contribution in [0.1, 0.15) is 107 Å². The predicted molar refractivity (Wildman–Crippen MR) is 139 cm³/mol. The fraction of sp³-hybridized carbons (Fsp3) is 0.500. The Morgan fingerprint density at radius 2 is 1.12 bits per heavy atom. The van der Waals surface area contributed by atoms with Gasteiger partial charge in [0.05, 0.1) is 0 Å². The van der Waals surface area contributed by atoms with Crippen LogP contribution in [0.15, 0.2) is 48.5 Å². The molecule has 0 heteroatoms. The van der Waals surface area contributed by atoms with Crippen molar-refractivity contribution in [3.05, 3.63) is 70.8 Å². The highest BCUT2D eigenvalue weighted by atomic mass is 14.3. The molecule has 0 aliphatic heterocycles. The smallest absolute Gasteiger partial charge is 0.0249 e. The summed E-state index contributed by atoms with van der Waals surface area (Å²) in [5.41, 5.74) is 4.62. The van der Waals surface area contributed by atoms with E-state index in [0.29, 0.717) is 0 Å². The Balaban J connectivity index is 1.37. The van der Waals surface area contributed by atoms with E-state index in [4.69, 9.17) is 0 Å². The molecule has 0 nitrogen and oxygen atoms in total. The van der Waals surface area contributed by atoms with Gasteiger partial charge in [0.1, 0.15) is 0 Å². The summed E-state index contributed by atoms with van der Waals surface area (Å²) in [6, 6.07) is 17.0. The van der Waals surface area contributed by atoms with Gasteiger partial charge in [-0.2, -0.15) is 0 Å². The van der Waals surface area contributed by atoms with Gasteiger partial charge in [-0.15, -0.1) is 5.92 Å². The highest BCUT2D eigenvalue weighted by molar-refractivity contribution is 5.46. The van der Waals surface area contributed by atoms with Crippen molar-refractivity contribution in [1.82, 2.24) is 0 Å². The molecular formula is C32H40. The first-order chi connectivity index (χ1) is 15.8. The summed E-state index contributed by atoms with van der Waals surface area (Å²) in [4.78, 5) is 0. The van der Waals surface area contributed by atoms with Gasteiger partial charge in [-0.25, -0.2) is 0 Å². The van der Waals surface area contributed by atoms with E-state index in [9.17, 15) is 0 Å². The van der Waals surface area contributed by atoms with E-state index in [2.05, 4.69) is 54.9 Å². The largest absolute Gasteiger partial charge is 0.101 e. The van der Waals surface area contributed by atoms with Crippen LogP contribution in [0.25, 0.3) is 0 Å². The Hall–Kier alpha value is -2.44. The van der Waals surface area contributed by atoms with E-state index in [0.717, 1.165) is 28.5 Å². The summed E-state index contributed by atoms with van der Waals surface area (Å²) in [6.07, 6.45) is 17.0. The molecule has 0 saturated heterocycles. The minimum Gasteiger partial charge on any atom is -0.101 e. The van der Waals surface area contributed by atoms with Crippen LogP contribution in [0.3, 0.4) is 0 Å². The molecule has 2 aromatic rings. The monoisotopic (exact) mass is 424 g/mol. The fourth-order valence-electron chi connectivity index (χ4n) is 4.90. The van der Waals surface area contributed by atoms with Crippen LogP contribution < -0.4 is 0 Å². The summed E-state index contributed by atoms with van der Waals surface area (Å²) < 4.78 is 0. The molecule has 2 aromatic carbocycles. The third-order valence-corrected chi connectivity index (χ3v) is 6.98. The second-order valence-electron chi connectivity index (χ2n) is 9.53. The van der Waals surface area contributed by atoms with Gasteiger partial charge in [-0.3, -0.25) is 0 Å². The summed E-state index contributed by atoms with van der Waals surface area (Å²) in [7, 11) is 0. The van der Waals surface area contributed by atoms with Crippen LogP contribution in [0.4, 0.5) is 0 Å². The second-order valence-corrected chi connectivity index (χ2v) is 9.53. The van der Waals surface area contributed by atoms with Gasteiger partial charge in [0.25, 0.3) is 0 Å². The summed E-state index contributed by atoms with van der Waals surface area (Å²) >= 11 is 0. The topological polar surface area (TPSA) is 0 Å². The van der Waals surface area contributed by atoms with Gasteiger partial charge < -0.3 is 0 Å². The zero-order valence-corrected chi connectivity index (χ0v) is 20.3. The van der Waals surface area contributed by atoms with Crippen molar-refractivity contribution < 1.29 is 0 Å². The molecule has 1 aliphatic carbocycles. The van der Waals surface area contributed by atoms with E-state index >= 15 is 0 Å². The van der Waals surface area contributed by atoms with Crippen molar-refractivity contribution in [2.75, 3.05) is 0 Å². The minimum absolute atomic E-state index is 0.936. The van der Waals surface area contributed by atoms with Crippen molar-refractivity contribution in [2.45, 2.75) is 90.9 Å². The Kier molecular flexibility index (Phi) is 10.5. The van der Waals surface area contributed by atoms with Crippen molar-refractivity contribution >= 4 is 0 Å². The molecule has 0 unspecified atom stereocenters. The number of hydrogen-bond donors (Lipinski definition) is 0. The van der Waals surface area contributed by atoms with Crippen molar-refractivity contribution in [3.63, 3.8) is 0 Å². The first-order valence-electron chi connectivity index (χ1n) is 12.9. The van der Waals surface area contributed by atoms with E-state index < -0.39 is 0 Å². The van der Waals surface area contributed by atoms with Gasteiger partial charge >= 0.3 is 0 Å². The van der Waals surface area contributed by atoms with Gasteiger partial charge in [0.2, 0.25) is 0 Å². The van der Waals surface area contributed by atoms with Crippen LogP contribution in [0.5, 0.6) is 0 Å². The zero-order valence-electron chi connectivity index (χ0n) is 20.3. The number of hydrogen-bond acceptors (Lipinski definition) is 0. The standard InChI is InChI=1S/C32H40/c1-3-5-6-7-8-10-28-13-17-30(18-14-28)20-22-32-25-23-31(24-26-32)21-19-29-15-11-27(9-4-2)12-16-29/h11-12,15-16,23-26,28,30H,3,5-8,10,13-14,17-18,20,22H2,1-2H3/t28-,30-. The first-order valence-corrected chi connectivity index (χ1v) is 12.9. The molecule has 0 spiro atoms. The molecule has 0 heterocycles. The molecule has 3 rings (SSSR count). The Labute approximate surface area is 197 Å². The van der Waals surface area contributed by atoms with E-state index in [1.165, 1.54) is 82.6 Å². The Morgan fingerprint density at radius 3 is 1.69 bits per heavy atom. The molecule has 168 valence electrons. The lowest BCUT2D eigenvalue weighted by Gasteiger charge is -2.28. The molecule has 0 bridgehead atoms. The van der Waals surface area contributed by atoms with Gasteiger partial charge in [0, 0.05) is 16.7 Å². The minimum atomic E-state index is 0.936. The second kappa shape index (κ2) is 13.9. The molecule has 32 heavy (non-hydrogen) atoms. The zero-order chi connectivity index (χ0) is 22.4. The highest BCUT2D eigenvalue weighted by Gasteiger charge is 2.20. The number of aryl methyl sites for hydroxylation is 1. The molecule has 0 atom stereocenters. The third kappa shape index (κ3) is 8.60. The summed E-state index contributed by atoms with van der Waals surface area (Å²) in [5, 5.41) is 0. The lowest BCUT2D eigenvalue weighted by atomic mass is 9.77. The molecule has 1 saturated carbocycles. The quantitative estimate of drug-likeness (QED) is 0.279. The van der Waals surface area contributed by atoms with Crippen LogP contribution >= 0.6 is 0 Å². The molecule has 1 fully saturated rings. The normalized spacial score (nSPS) is 17.7. The molecule has 0 aromatic heterocycles. The van der Waals surface area contributed by atoms with E-state index in [1.54, 1.807) is 0 Å². The summed E-state index contributed by atoms with van der Waals surface area (Å²) in [6.45, 7) is 4.16. The highest BCUT2D eigenvalue weighted by Crippen LogP contribution is 2.34. The average molecular weight is 425 g/mol. The van der Waals surface area contributed by atoms with Crippen LogP contribution in [-0.4, -0.2) is 0 Å². The molecule has 0 radical (unpaired) electrons. The summed E-state index contributed by atoms with van der Waals surface area (Å²) in [5.74, 6) is 14.5. The van der Waals surface area contributed by atoms with Crippen molar-refractivity contribution in [2.24, 2.45) is 11.8 Å². The lowest BCUT2D eigenvalue weighted by Crippen LogP contribution is -2.15. The van der Waals surface area contributed by atoms with Crippen molar-refractivity contribution in [1.29, 1.82) is 0 Å². The number of benzene rings is 2. The van der Waals surface area contributed by atoms with Gasteiger partial charge in [0.15, 0.2) is 0 Å². The van der Waals surface area contributed by atoms with Crippen LogP contribution in [0, 0.1) is 35.5 Å². The molecule has 1 aliphatic rings. The fourth-order valence-corrected chi connectivity index (χ4v) is 4.90. The maximum absolute atomic E-state index is 3.29. The van der Waals surface area contributed by atoms with E-state index in [1.807, 2.05) is 31.2 Å².